The topological polar surface area (TPSA) is 18.5 Å². The minimum Gasteiger partial charge on any atom is -0.492 e. The van der Waals surface area contributed by atoms with Crippen molar-refractivity contribution in [1.82, 2.24) is 0 Å². The average molecular weight is 341 g/mol. The van der Waals surface area contributed by atoms with Crippen molar-refractivity contribution in [1.29, 1.82) is 0 Å². The highest BCUT2D eigenvalue weighted by atomic mass is 127. The maximum atomic E-state index is 5.41. The van der Waals surface area contributed by atoms with Crippen molar-refractivity contribution in [2.24, 2.45) is 0 Å². The van der Waals surface area contributed by atoms with Gasteiger partial charge in [0, 0.05) is 0 Å². The SMILES string of the molecule is COc1cccc(OC)c1[I+]c1ccccc1. The summed E-state index contributed by atoms with van der Waals surface area (Å²) < 4.78 is 13.4. The first-order valence-corrected chi connectivity index (χ1v) is 7.41. The number of hydrogen-bond donors (Lipinski definition) is 0. The van der Waals surface area contributed by atoms with Gasteiger partial charge in [-0.1, -0.05) is 24.3 Å². The predicted molar refractivity (Wildman–Crippen MR) is 63.4 cm³/mol. The lowest BCUT2D eigenvalue weighted by Crippen LogP contribution is -3.61. The molecule has 88 valence electrons. The normalized spacial score (nSPS) is 10.0. The number of hydrogen-bond acceptors (Lipinski definition) is 2. The molecule has 0 radical (unpaired) electrons. The second-order valence-corrected chi connectivity index (χ2v) is 6.23. The standard InChI is InChI=1S/C14H14IO2/c1-16-12-9-6-10-13(17-2)14(12)15-11-7-4-3-5-8-11/h3-10H,1-2H3/q+1. The van der Waals surface area contributed by atoms with E-state index in [9.17, 15) is 0 Å². The minimum atomic E-state index is -0.277. The molecule has 2 rings (SSSR count). The quantitative estimate of drug-likeness (QED) is 0.720. The van der Waals surface area contributed by atoms with Crippen LogP contribution in [-0.4, -0.2) is 14.2 Å². The average Bonchev–Trinajstić information content (AvgIpc) is 2.40. The summed E-state index contributed by atoms with van der Waals surface area (Å²) in [5.41, 5.74) is 0. The Balaban J connectivity index is 2.37. The molecular weight excluding hydrogens is 327 g/mol. The van der Waals surface area contributed by atoms with Crippen LogP contribution in [0.25, 0.3) is 0 Å². The molecular formula is C14H14IO2+. The molecule has 0 spiro atoms. The summed E-state index contributed by atoms with van der Waals surface area (Å²) in [7, 11) is 3.40. The van der Waals surface area contributed by atoms with E-state index in [1.54, 1.807) is 14.2 Å². The maximum absolute atomic E-state index is 5.41. The van der Waals surface area contributed by atoms with E-state index in [1.165, 1.54) is 7.14 Å². The predicted octanol–water partition coefficient (Wildman–Crippen LogP) is -0.168. The highest BCUT2D eigenvalue weighted by Gasteiger charge is 2.25. The van der Waals surface area contributed by atoms with Crippen molar-refractivity contribution in [2.75, 3.05) is 14.2 Å². The van der Waals surface area contributed by atoms with Gasteiger partial charge in [-0.3, -0.25) is 0 Å². The maximum Gasteiger partial charge on any atom is 0.366 e. The summed E-state index contributed by atoms with van der Waals surface area (Å²) in [4.78, 5) is 0. The van der Waals surface area contributed by atoms with Gasteiger partial charge in [0.15, 0.2) is 15.1 Å². The molecule has 0 unspecified atom stereocenters. The molecule has 0 amide bonds. The van der Waals surface area contributed by atoms with Crippen LogP contribution < -0.4 is 30.7 Å². The fraction of sp³-hybridized carbons (Fsp3) is 0.143. The van der Waals surface area contributed by atoms with E-state index in [4.69, 9.17) is 9.47 Å². The zero-order chi connectivity index (χ0) is 12.1. The van der Waals surface area contributed by atoms with Crippen molar-refractivity contribution in [2.45, 2.75) is 0 Å². The van der Waals surface area contributed by atoms with Crippen molar-refractivity contribution >= 4 is 0 Å². The Hall–Kier alpha value is -1.23. The van der Waals surface area contributed by atoms with Gasteiger partial charge in [0.05, 0.1) is 14.2 Å². The van der Waals surface area contributed by atoms with Gasteiger partial charge in [-0.05, 0) is 24.3 Å². The molecule has 17 heavy (non-hydrogen) atoms. The van der Waals surface area contributed by atoms with Gasteiger partial charge in [-0.25, -0.2) is 0 Å². The highest BCUT2D eigenvalue weighted by molar-refractivity contribution is 5.32. The molecule has 0 atom stereocenters. The molecule has 0 bridgehead atoms. The van der Waals surface area contributed by atoms with Crippen LogP contribution in [-0.2, 0) is 0 Å². The Morgan fingerprint density at radius 1 is 0.765 bits per heavy atom. The number of rotatable bonds is 4. The lowest BCUT2D eigenvalue weighted by atomic mass is 10.3. The van der Waals surface area contributed by atoms with Gasteiger partial charge >= 0.3 is 21.2 Å². The number of methoxy groups -OCH3 is 2. The molecule has 2 nitrogen and oxygen atoms in total. The Bertz CT molecular complexity index is 461. The number of ether oxygens (including phenoxy) is 2. The molecule has 0 saturated heterocycles. The van der Waals surface area contributed by atoms with Gasteiger partial charge < -0.3 is 9.47 Å². The molecule has 0 aliphatic heterocycles. The van der Waals surface area contributed by atoms with Crippen molar-refractivity contribution < 1.29 is 30.7 Å². The molecule has 0 aliphatic carbocycles. The van der Waals surface area contributed by atoms with Crippen LogP contribution in [0, 0.1) is 7.14 Å². The Morgan fingerprint density at radius 2 is 1.35 bits per heavy atom. The van der Waals surface area contributed by atoms with Crippen LogP contribution in [0.15, 0.2) is 48.5 Å². The summed E-state index contributed by atoms with van der Waals surface area (Å²) in [5.74, 6) is 1.84. The largest absolute Gasteiger partial charge is 0.492 e. The van der Waals surface area contributed by atoms with E-state index in [2.05, 4.69) is 24.3 Å². The first-order chi connectivity index (χ1) is 8.35. The number of benzene rings is 2. The van der Waals surface area contributed by atoms with Gasteiger partial charge in [0.25, 0.3) is 3.57 Å². The van der Waals surface area contributed by atoms with E-state index in [-0.39, 0.29) is 21.2 Å². The lowest BCUT2D eigenvalue weighted by Gasteiger charge is -2.03. The van der Waals surface area contributed by atoms with Crippen LogP contribution in [0.2, 0.25) is 0 Å². The smallest absolute Gasteiger partial charge is 0.366 e. The van der Waals surface area contributed by atoms with Gasteiger partial charge in [-0.2, -0.15) is 0 Å². The van der Waals surface area contributed by atoms with Crippen LogP contribution >= 0.6 is 0 Å². The molecule has 0 fully saturated rings. The summed E-state index contributed by atoms with van der Waals surface area (Å²) in [6.45, 7) is 0. The third-order valence-electron chi connectivity index (χ3n) is 2.30. The Morgan fingerprint density at radius 3 is 1.88 bits per heavy atom. The van der Waals surface area contributed by atoms with Gasteiger partial charge in [0.1, 0.15) is 0 Å². The van der Waals surface area contributed by atoms with Crippen LogP contribution in [0.3, 0.4) is 0 Å². The van der Waals surface area contributed by atoms with Gasteiger partial charge in [0.2, 0.25) is 0 Å². The fourth-order valence-electron chi connectivity index (χ4n) is 1.49. The van der Waals surface area contributed by atoms with Crippen molar-refractivity contribution in [3.05, 3.63) is 55.7 Å². The van der Waals surface area contributed by atoms with E-state index in [1.807, 2.05) is 24.3 Å². The van der Waals surface area contributed by atoms with Crippen LogP contribution in [0.4, 0.5) is 0 Å². The molecule has 0 aromatic heterocycles. The van der Waals surface area contributed by atoms with E-state index in [0.29, 0.717) is 0 Å². The summed E-state index contributed by atoms with van der Waals surface area (Å²) in [6, 6.07) is 16.4. The fourth-order valence-corrected chi connectivity index (χ4v) is 4.22. The third-order valence-corrected chi connectivity index (χ3v) is 5.25. The molecule has 2 aromatic rings. The second kappa shape index (κ2) is 5.91. The summed E-state index contributed by atoms with van der Waals surface area (Å²) in [5, 5.41) is 0. The molecule has 0 heterocycles. The van der Waals surface area contributed by atoms with Gasteiger partial charge in [-0.15, -0.1) is 0 Å². The number of halogens is 1. The minimum absolute atomic E-state index is 0.277. The highest BCUT2D eigenvalue weighted by Crippen LogP contribution is 2.18. The van der Waals surface area contributed by atoms with E-state index in [0.717, 1.165) is 11.5 Å². The third kappa shape index (κ3) is 2.91. The molecule has 0 saturated carbocycles. The molecule has 3 heteroatoms. The lowest BCUT2D eigenvalue weighted by molar-refractivity contribution is -0.598. The monoisotopic (exact) mass is 341 g/mol. The zero-order valence-electron chi connectivity index (χ0n) is 9.81. The molecule has 0 aliphatic rings. The second-order valence-electron chi connectivity index (χ2n) is 3.37. The summed E-state index contributed by atoms with van der Waals surface area (Å²) >= 11 is -0.277. The first kappa shape index (κ1) is 12.2. The molecule has 0 N–H and O–H groups in total. The van der Waals surface area contributed by atoms with E-state index >= 15 is 0 Å². The molecule has 2 aromatic carbocycles. The van der Waals surface area contributed by atoms with Crippen LogP contribution in [0.5, 0.6) is 11.5 Å². The van der Waals surface area contributed by atoms with Crippen LogP contribution in [0.1, 0.15) is 0 Å². The first-order valence-electron chi connectivity index (χ1n) is 5.26. The summed E-state index contributed by atoms with van der Waals surface area (Å²) in [6.07, 6.45) is 0. The zero-order valence-corrected chi connectivity index (χ0v) is 12.0. The van der Waals surface area contributed by atoms with Crippen molar-refractivity contribution in [3.8, 4) is 11.5 Å². The van der Waals surface area contributed by atoms with E-state index < -0.39 is 0 Å². The van der Waals surface area contributed by atoms with Crippen molar-refractivity contribution in [3.63, 3.8) is 0 Å². The Kier molecular flexibility index (Phi) is 4.25. The Labute approximate surface area is 112 Å².